The molecule has 0 atom stereocenters. The largest absolute Gasteiger partial charge is 0.399 e. The predicted molar refractivity (Wildman–Crippen MR) is 129 cm³/mol. The molecule has 2 rings (SSSR count). The van der Waals surface area contributed by atoms with Gasteiger partial charge in [-0.2, -0.15) is 10.2 Å². The van der Waals surface area contributed by atoms with Gasteiger partial charge in [0.25, 0.3) is 0 Å². The molecule has 29 heavy (non-hydrogen) atoms. The summed E-state index contributed by atoms with van der Waals surface area (Å²) in [5.41, 5.74) is 15.2. The van der Waals surface area contributed by atoms with Gasteiger partial charge in [0.15, 0.2) is 10.2 Å². The second-order valence-electron chi connectivity index (χ2n) is 5.85. The maximum atomic E-state index is 5.85. The van der Waals surface area contributed by atoms with Crippen LogP contribution in [0.4, 0.5) is 5.69 Å². The van der Waals surface area contributed by atoms with Crippen LogP contribution >= 0.6 is 24.4 Å². The Morgan fingerprint density at radius 2 is 1.21 bits per heavy atom. The van der Waals surface area contributed by atoms with E-state index in [2.05, 4.69) is 31.7 Å². The zero-order valence-electron chi connectivity index (χ0n) is 16.4. The first-order valence-electron chi connectivity index (χ1n) is 9.19. The number of nitrogens with zero attached hydrogens (tertiary/aromatic N) is 2. The first-order chi connectivity index (χ1) is 14.0. The fraction of sp³-hybridized carbons (Fsp3) is 0.200. The van der Waals surface area contributed by atoms with Gasteiger partial charge in [-0.05, 0) is 50.4 Å². The van der Waals surface area contributed by atoms with Crippen LogP contribution in [0.2, 0.25) is 0 Å². The highest BCUT2D eigenvalue weighted by atomic mass is 32.1. The molecule has 2 aromatic carbocycles. The Labute approximate surface area is 181 Å². The van der Waals surface area contributed by atoms with E-state index in [-0.39, 0.29) is 0 Å². The van der Waals surface area contributed by atoms with E-state index in [1.165, 1.54) is 0 Å². The molecule has 0 aliphatic rings. The molecule has 0 aliphatic carbocycles. The van der Waals surface area contributed by atoms with Crippen LogP contribution in [-0.4, -0.2) is 34.7 Å². The van der Waals surface area contributed by atoms with E-state index >= 15 is 0 Å². The number of hydrogen-bond donors (Lipinski definition) is 5. The third-order valence-electron chi connectivity index (χ3n) is 3.67. The van der Waals surface area contributed by atoms with Gasteiger partial charge >= 0.3 is 0 Å². The summed E-state index contributed by atoms with van der Waals surface area (Å²) in [4.78, 5) is 0. The third-order valence-corrected chi connectivity index (χ3v) is 4.14. The molecule has 152 valence electrons. The molecule has 0 unspecified atom stereocenters. The Kier molecular flexibility index (Phi) is 9.00. The summed E-state index contributed by atoms with van der Waals surface area (Å²) >= 11 is 10.5. The van der Waals surface area contributed by atoms with E-state index in [1.54, 1.807) is 0 Å². The highest BCUT2D eigenvalue weighted by Gasteiger charge is 2.16. The molecule has 0 fully saturated rings. The Hall–Kier alpha value is -3.04. The van der Waals surface area contributed by atoms with E-state index in [1.807, 2.05) is 68.4 Å². The van der Waals surface area contributed by atoms with Gasteiger partial charge in [0.1, 0.15) is 11.4 Å². The second kappa shape index (κ2) is 11.7. The number of nitrogens with one attached hydrogen (secondary N) is 4. The van der Waals surface area contributed by atoms with Gasteiger partial charge in [-0.1, -0.05) is 42.5 Å². The van der Waals surface area contributed by atoms with E-state index in [0.717, 1.165) is 11.1 Å². The number of thiocarbonyl (C=S) groups is 2. The summed E-state index contributed by atoms with van der Waals surface area (Å²) in [5.74, 6) is 0. The van der Waals surface area contributed by atoms with Crippen LogP contribution in [0, 0.1) is 0 Å². The number of hydrogen-bond acceptors (Lipinski definition) is 5. The molecule has 0 saturated carbocycles. The van der Waals surface area contributed by atoms with Gasteiger partial charge < -0.3 is 16.4 Å². The molecule has 2 aromatic rings. The number of hydrazone groups is 2. The standard InChI is InChI=1S/C20H25N7S2/c1-3-22-19(28)26-24-17(14-8-6-5-7-9-14)18(25-27-20(29)23-4-2)15-10-12-16(21)13-11-15/h5-13H,3-4,21H2,1-2H3,(H2,22,26,28)(H2,23,27,29). The average Bonchev–Trinajstić information content (AvgIpc) is 2.72. The predicted octanol–water partition coefficient (Wildman–Crippen LogP) is 2.35. The molecular formula is C20H25N7S2. The maximum absolute atomic E-state index is 5.85. The summed E-state index contributed by atoms with van der Waals surface area (Å²) in [6.45, 7) is 5.31. The molecular weight excluding hydrogens is 402 g/mol. The van der Waals surface area contributed by atoms with Crippen LogP contribution in [0.3, 0.4) is 0 Å². The lowest BCUT2D eigenvalue weighted by Crippen LogP contribution is -2.35. The van der Waals surface area contributed by atoms with Crippen molar-refractivity contribution in [2.24, 2.45) is 10.2 Å². The van der Waals surface area contributed by atoms with Crippen LogP contribution in [0.5, 0.6) is 0 Å². The van der Waals surface area contributed by atoms with Crippen molar-refractivity contribution >= 4 is 51.8 Å². The molecule has 0 bridgehead atoms. The minimum atomic E-state index is 0.420. The number of nitrogens with two attached hydrogens (primary N) is 1. The normalized spacial score (nSPS) is 11.5. The number of benzene rings is 2. The van der Waals surface area contributed by atoms with E-state index in [0.29, 0.717) is 40.4 Å². The third kappa shape index (κ3) is 7.13. The van der Waals surface area contributed by atoms with E-state index in [9.17, 15) is 0 Å². The topological polar surface area (TPSA) is 98.9 Å². The Balaban J connectivity index is 2.51. The fourth-order valence-corrected chi connectivity index (χ4v) is 2.74. The molecule has 7 nitrogen and oxygen atoms in total. The van der Waals surface area contributed by atoms with Crippen molar-refractivity contribution in [3.05, 3.63) is 65.7 Å². The van der Waals surface area contributed by atoms with Gasteiger partial charge in [0.2, 0.25) is 0 Å². The summed E-state index contributed by atoms with van der Waals surface area (Å²) in [6, 6.07) is 17.1. The summed E-state index contributed by atoms with van der Waals surface area (Å²) in [7, 11) is 0. The molecule has 0 saturated heterocycles. The minimum absolute atomic E-state index is 0.420. The van der Waals surface area contributed by atoms with Crippen LogP contribution in [-0.2, 0) is 0 Å². The smallest absolute Gasteiger partial charge is 0.186 e. The highest BCUT2D eigenvalue weighted by Crippen LogP contribution is 2.12. The first-order valence-corrected chi connectivity index (χ1v) is 10.0. The summed E-state index contributed by atoms with van der Waals surface area (Å²) < 4.78 is 0. The SMILES string of the molecule is CCNC(=S)NN=C(C(=NNC(=S)NCC)c1ccc(N)cc1)c1ccccc1. The minimum Gasteiger partial charge on any atom is -0.399 e. The van der Waals surface area contributed by atoms with Crippen molar-refractivity contribution in [1.82, 2.24) is 21.5 Å². The van der Waals surface area contributed by atoms with Gasteiger partial charge in [0.05, 0.1) is 0 Å². The van der Waals surface area contributed by atoms with Crippen molar-refractivity contribution in [1.29, 1.82) is 0 Å². The lowest BCUT2D eigenvalue weighted by atomic mass is 10.00. The molecule has 6 N–H and O–H groups in total. The zero-order valence-corrected chi connectivity index (χ0v) is 18.0. The summed E-state index contributed by atoms with van der Waals surface area (Å²) in [5, 5.41) is 15.9. The molecule has 0 amide bonds. The number of anilines is 1. The van der Waals surface area contributed by atoms with Gasteiger partial charge in [-0.15, -0.1) is 0 Å². The average molecular weight is 428 g/mol. The van der Waals surface area contributed by atoms with E-state index in [4.69, 9.17) is 30.2 Å². The number of nitrogen functional groups attached to an aromatic ring is 1. The van der Waals surface area contributed by atoms with Crippen LogP contribution < -0.4 is 27.2 Å². The van der Waals surface area contributed by atoms with Gasteiger partial charge in [-0.3, -0.25) is 10.9 Å². The molecule has 0 spiro atoms. The van der Waals surface area contributed by atoms with Crippen molar-refractivity contribution in [2.45, 2.75) is 13.8 Å². The van der Waals surface area contributed by atoms with E-state index < -0.39 is 0 Å². The zero-order chi connectivity index (χ0) is 21.1. The van der Waals surface area contributed by atoms with Crippen LogP contribution in [0.1, 0.15) is 25.0 Å². The molecule has 0 heterocycles. The highest BCUT2D eigenvalue weighted by molar-refractivity contribution is 7.80. The monoisotopic (exact) mass is 427 g/mol. The molecule has 0 radical (unpaired) electrons. The van der Waals surface area contributed by atoms with Crippen LogP contribution in [0.25, 0.3) is 0 Å². The van der Waals surface area contributed by atoms with Crippen molar-refractivity contribution in [3.63, 3.8) is 0 Å². The van der Waals surface area contributed by atoms with Gasteiger partial charge in [0, 0.05) is 29.9 Å². The second-order valence-corrected chi connectivity index (χ2v) is 6.67. The summed E-state index contributed by atoms with van der Waals surface area (Å²) in [6.07, 6.45) is 0. The lowest BCUT2D eigenvalue weighted by molar-refractivity contribution is 0.897. The first kappa shape index (κ1) is 22.3. The van der Waals surface area contributed by atoms with Crippen molar-refractivity contribution in [2.75, 3.05) is 18.8 Å². The van der Waals surface area contributed by atoms with Gasteiger partial charge in [-0.25, -0.2) is 0 Å². The van der Waals surface area contributed by atoms with Crippen LogP contribution in [0.15, 0.2) is 64.8 Å². The van der Waals surface area contributed by atoms with Crippen molar-refractivity contribution < 1.29 is 0 Å². The Morgan fingerprint density at radius 1 is 0.759 bits per heavy atom. The quantitative estimate of drug-likeness (QED) is 0.200. The lowest BCUT2D eigenvalue weighted by Gasteiger charge is -2.13. The fourth-order valence-electron chi connectivity index (χ4n) is 2.36. The Morgan fingerprint density at radius 3 is 1.66 bits per heavy atom. The Bertz CT molecular complexity index is 877. The number of rotatable bonds is 7. The maximum Gasteiger partial charge on any atom is 0.186 e. The molecule has 9 heteroatoms. The molecule has 0 aromatic heterocycles. The van der Waals surface area contributed by atoms with Crippen molar-refractivity contribution in [3.8, 4) is 0 Å². The molecule has 0 aliphatic heterocycles.